The summed E-state index contributed by atoms with van der Waals surface area (Å²) in [5.74, 6) is 0.868. The predicted molar refractivity (Wildman–Crippen MR) is 127 cm³/mol. The molecule has 178 valence electrons. The molecular weight excluding hydrogens is 481 g/mol. The van der Waals surface area contributed by atoms with E-state index in [2.05, 4.69) is 25.8 Å². The standard InChI is InChI=1S/C24H18ClF3N6O/c1-35-16-7-4-14(5-8-16)22-21(20-3-2-11-30-34(20)33-22)19-10-12-29-23(32-19)31-15-6-9-18(25)17(13-15)24(26,27)28/h2-13,22,33H,1H3,(H,29,31,32). The summed E-state index contributed by atoms with van der Waals surface area (Å²) in [6, 6.07) is 12.6. The number of methoxy groups -OCH3 is 1. The lowest BCUT2D eigenvalue weighted by Crippen LogP contribution is -2.29. The minimum absolute atomic E-state index is 0.140. The highest BCUT2D eigenvalue weighted by Gasteiger charge is 2.35. The van der Waals surface area contributed by atoms with Gasteiger partial charge in [-0.15, -0.1) is 0 Å². The van der Waals surface area contributed by atoms with Crippen molar-refractivity contribution in [2.45, 2.75) is 12.2 Å². The van der Waals surface area contributed by atoms with E-state index in [1.54, 1.807) is 30.7 Å². The lowest BCUT2D eigenvalue weighted by atomic mass is 9.96. The third-order valence-corrected chi connectivity index (χ3v) is 5.80. The molecule has 35 heavy (non-hydrogen) atoms. The van der Waals surface area contributed by atoms with E-state index < -0.39 is 11.7 Å². The van der Waals surface area contributed by atoms with Gasteiger partial charge in [0.1, 0.15) is 5.75 Å². The molecule has 0 fully saturated rings. The molecular formula is C24H18ClF3N6O. The molecule has 3 aromatic rings. The van der Waals surface area contributed by atoms with E-state index in [0.29, 0.717) is 5.69 Å². The first kappa shape index (κ1) is 22.9. The van der Waals surface area contributed by atoms with E-state index in [1.807, 2.05) is 36.4 Å². The smallest absolute Gasteiger partial charge is 0.417 e. The summed E-state index contributed by atoms with van der Waals surface area (Å²) in [7, 11) is 1.60. The van der Waals surface area contributed by atoms with Crippen molar-refractivity contribution in [1.82, 2.24) is 20.5 Å². The van der Waals surface area contributed by atoms with Gasteiger partial charge in [0.25, 0.3) is 0 Å². The van der Waals surface area contributed by atoms with Crippen LogP contribution in [0.25, 0.3) is 5.57 Å². The molecule has 0 saturated heterocycles. The fraction of sp³-hybridized carbons (Fsp3) is 0.125. The van der Waals surface area contributed by atoms with Crippen LogP contribution in [-0.2, 0) is 6.18 Å². The van der Waals surface area contributed by atoms with Gasteiger partial charge in [-0.05, 0) is 54.1 Å². The Bertz CT molecular complexity index is 1350. The summed E-state index contributed by atoms with van der Waals surface area (Å²) in [5, 5.41) is 8.49. The average Bonchev–Trinajstić information content (AvgIpc) is 3.24. The molecule has 0 spiro atoms. The topological polar surface area (TPSA) is 74.7 Å². The maximum absolute atomic E-state index is 13.3. The third-order valence-electron chi connectivity index (χ3n) is 5.48. The Kier molecular flexibility index (Phi) is 5.91. The van der Waals surface area contributed by atoms with Crippen molar-refractivity contribution >= 4 is 35.0 Å². The Morgan fingerprint density at radius 1 is 1.11 bits per heavy atom. The van der Waals surface area contributed by atoms with Gasteiger partial charge in [-0.1, -0.05) is 23.7 Å². The molecule has 2 aliphatic heterocycles. The maximum Gasteiger partial charge on any atom is 0.417 e. The van der Waals surface area contributed by atoms with Crippen molar-refractivity contribution in [3.8, 4) is 5.75 Å². The Balaban J connectivity index is 1.51. The number of hydrogen-bond acceptors (Lipinski definition) is 7. The fourth-order valence-corrected chi connectivity index (χ4v) is 4.07. The van der Waals surface area contributed by atoms with Gasteiger partial charge < -0.3 is 10.1 Å². The first-order chi connectivity index (χ1) is 16.8. The number of rotatable bonds is 5. The number of fused-ring (bicyclic) bond motifs is 1. The van der Waals surface area contributed by atoms with Gasteiger partial charge >= 0.3 is 6.18 Å². The second-order valence-electron chi connectivity index (χ2n) is 7.65. The second-order valence-corrected chi connectivity index (χ2v) is 8.06. The van der Waals surface area contributed by atoms with E-state index in [4.69, 9.17) is 16.3 Å². The van der Waals surface area contributed by atoms with Crippen LogP contribution in [0.2, 0.25) is 5.02 Å². The molecule has 0 bridgehead atoms. The molecule has 1 unspecified atom stereocenters. The van der Waals surface area contributed by atoms with Crippen LogP contribution < -0.4 is 15.5 Å². The number of nitrogens with zero attached hydrogens (tertiary/aromatic N) is 4. The van der Waals surface area contributed by atoms with Crippen LogP contribution in [0.1, 0.15) is 22.9 Å². The van der Waals surface area contributed by atoms with Crippen LogP contribution in [0.3, 0.4) is 0 Å². The molecule has 0 aliphatic carbocycles. The van der Waals surface area contributed by atoms with Gasteiger partial charge in [0, 0.05) is 23.7 Å². The van der Waals surface area contributed by atoms with Gasteiger partial charge in [0.05, 0.1) is 35.1 Å². The number of aromatic nitrogens is 2. The highest BCUT2D eigenvalue weighted by Crippen LogP contribution is 2.40. The minimum atomic E-state index is -4.58. The zero-order valence-electron chi connectivity index (χ0n) is 18.2. The van der Waals surface area contributed by atoms with Crippen molar-refractivity contribution in [3.05, 3.63) is 94.4 Å². The normalized spacial score (nSPS) is 17.1. The Labute approximate surface area is 203 Å². The number of anilines is 2. The lowest BCUT2D eigenvalue weighted by Gasteiger charge is -2.18. The Morgan fingerprint density at radius 3 is 2.66 bits per heavy atom. The van der Waals surface area contributed by atoms with E-state index in [9.17, 15) is 13.2 Å². The maximum atomic E-state index is 13.3. The molecule has 1 atom stereocenters. The first-order valence-electron chi connectivity index (χ1n) is 10.5. The zero-order chi connectivity index (χ0) is 24.6. The van der Waals surface area contributed by atoms with E-state index >= 15 is 0 Å². The van der Waals surface area contributed by atoms with Gasteiger partial charge in [-0.3, -0.25) is 0 Å². The summed E-state index contributed by atoms with van der Waals surface area (Å²) in [6.45, 7) is 0. The summed E-state index contributed by atoms with van der Waals surface area (Å²) in [5.41, 5.74) is 5.73. The monoisotopic (exact) mass is 498 g/mol. The Hall–Kier alpha value is -3.89. The number of hydrazine groups is 1. The second kappa shape index (κ2) is 9.05. The summed E-state index contributed by atoms with van der Waals surface area (Å²) in [6.07, 6.45) is 2.35. The molecule has 7 nitrogen and oxygen atoms in total. The quantitative estimate of drug-likeness (QED) is 0.468. The summed E-state index contributed by atoms with van der Waals surface area (Å²) in [4.78, 5) is 8.78. The number of nitrogens with one attached hydrogen (secondary N) is 2. The zero-order valence-corrected chi connectivity index (χ0v) is 19.0. The average molecular weight is 499 g/mol. The fourth-order valence-electron chi connectivity index (χ4n) is 3.85. The number of hydrazone groups is 1. The number of hydrogen-bond donors (Lipinski definition) is 2. The summed E-state index contributed by atoms with van der Waals surface area (Å²) >= 11 is 5.73. The van der Waals surface area contributed by atoms with E-state index in [1.165, 1.54) is 12.1 Å². The molecule has 11 heteroatoms. The minimum Gasteiger partial charge on any atom is -0.497 e. The number of allylic oxidation sites excluding steroid dienone is 2. The van der Waals surface area contributed by atoms with E-state index in [-0.39, 0.29) is 22.7 Å². The molecule has 1 aromatic heterocycles. The van der Waals surface area contributed by atoms with Crippen LogP contribution in [0, 0.1) is 0 Å². The number of alkyl halides is 3. The molecule has 2 aromatic carbocycles. The van der Waals surface area contributed by atoms with Crippen LogP contribution in [-0.4, -0.2) is 28.4 Å². The molecule has 2 aliphatic rings. The van der Waals surface area contributed by atoms with Crippen molar-refractivity contribution in [2.24, 2.45) is 5.10 Å². The highest BCUT2D eigenvalue weighted by molar-refractivity contribution is 6.31. The number of ether oxygens (including phenoxy) is 1. The van der Waals surface area contributed by atoms with Gasteiger partial charge in [-0.2, -0.15) is 23.4 Å². The third kappa shape index (κ3) is 4.58. The van der Waals surface area contributed by atoms with Crippen LogP contribution in [0.4, 0.5) is 24.8 Å². The Morgan fingerprint density at radius 2 is 1.91 bits per heavy atom. The lowest BCUT2D eigenvalue weighted by molar-refractivity contribution is -0.137. The molecule has 3 heterocycles. The van der Waals surface area contributed by atoms with Gasteiger partial charge in [-0.25, -0.2) is 15.4 Å². The van der Waals surface area contributed by atoms with Crippen molar-refractivity contribution in [1.29, 1.82) is 0 Å². The van der Waals surface area contributed by atoms with Crippen LogP contribution >= 0.6 is 11.6 Å². The van der Waals surface area contributed by atoms with Crippen molar-refractivity contribution in [3.63, 3.8) is 0 Å². The SMILES string of the molecule is COc1ccc(C2NN3N=CC=CC3=C2c2ccnc(Nc3ccc(Cl)c(C(F)(F)F)c3)n2)cc1. The largest absolute Gasteiger partial charge is 0.497 e. The summed E-state index contributed by atoms with van der Waals surface area (Å²) < 4.78 is 45.0. The van der Waals surface area contributed by atoms with Crippen molar-refractivity contribution in [2.75, 3.05) is 12.4 Å². The highest BCUT2D eigenvalue weighted by atomic mass is 35.5. The molecule has 5 rings (SSSR count). The molecule has 0 saturated carbocycles. The van der Waals surface area contributed by atoms with Crippen LogP contribution in [0.5, 0.6) is 5.75 Å². The molecule has 0 radical (unpaired) electrons. The molecule has 0 amide bonds. The van der Waals surface area contributed by atoms with E-state index in [0.717, 1.165) is 28.6 Å². The van der Waals surface area contributed by atoms with Crippen LogP contribution in [0.15, 0.2) is 77.7 Å². The first-order valence-corrected chi connectivity index (χ1v) is 10.8. The predicted octanol–water partition coefficient (Wildman–Crippen LogP) is 5.73. The van der Waals surface area contributed by atoms with Gasteiger partial charge in [0.2, 0.25) is 5.95 Å². The van der Waals surface area contributed by atoms with Gasteiger partial charge in [0.15, 0.2) is 0 Å². The number of halogens is 4. The van der Waals surface area contributed by atoms with Crippen molar-refractivity contribution < 1.29 is 17.9 Å². The number of benzene rings is 2. The molecule has 2 N–H and O–H groups in total.